The molecule has 4 nitrogen and oxygen atoms in total. The van der Waals surface area contributed by atoms with Crippen LogP contribution in [-0.2, 0) is 9.59 Å². The van der Waals surface area contributed by atoms with Gasteiger partial charge in [-0.05, 0) is 12.8 Å². The van der Waals surface area contributed by atoms with E-state index < -0.39 is 0 Å². The molecule has 14 heavy (non-hydrogen) atoms. The van der Waals surface area contributed by atoms with Gasteiger partial charge in [0.15, 0.2) is 0 Å². The number of hydrogen-bond donors (Lipinski definition) is 0. The molecular weight excluding hydrogens is 180 g/mol. The minimum atomic E-state index is 0.112. The lowest BCUT2D eigenvalue weighted by Crippen LogP contribution is -2.41. The zero-order valence-corrected chi connectivity index (χ0v) is 9.12. The molecule has 80 valence electrons. The van der Waals surface area contributed by atoms with Gasteiger partial charge in [0.05, 0.1) is 0 Å². The number of carbonyl (C=O) groups excluding carboxylic acids is 2. The van der Waals surface area contributed by atoms with Crippen molar-refractivity contribution in [1.82, 2.24) is 9.80 Å². The van der Waals surface area contributed by atoms with Crippen LogP contribution in [0, 0.1) is 5.92 Å². The van der Waals surface area contributed by atoms with E-state index in [9.17, 15) is 9.59 Å². The number of nitrogens with zero attached hydrogens (tertiary/aromatic N) is 2. The van der Waals surface area contributed by atoms with Crippen LogP contribution in [0.4, 0.5) is 0 Å². The van der Waals surface area contributed by atoms with Crippen LogP contribution in [0.3, 0.4) is 0 Å². The van der Waals surface area contributed by atoms with Gasteiger partial charge in [0, 0.05) is 40.0 Å². The van der Waals surface area contributed by atoms with E-state index in [2.05, 4.69) is 0 Å². The summed E-state index contributed by atoms with van der Waals surface area (Å²) in [6.45, 7) is 3.02. The Labute approximate surface area is 84.9 Å². The van der Waals surface area contributed by atoms with Crippen molar-refractivity contribution in [2.24, 2.45) is 5.92 Å². The average molecular weight is 198 g/mol. The molecule has 0 radical (unpaired) electrons. The van der Waals surface area contributed by atoms with E-state index in [4.69, 9.17) is 0 Å². The Bertz CT molecular complexity index is 230. The second-order valence-corrected chi connectivity index (χ2v) is 4.01. The maximum absolute atomic E-state index is 11.6. The van der Waals surface area contributed by atoms with E-state index in [0.29, 0.717) is 0 Å². The predicted molar refractivity (Wildman–Crippen MR) is 53.7 cm³/mol. The Morgan fingerprint density at radius 3 is 2.07 bits per heavy atom. The molecule has 0 unspecified atom stereocenters. The highest BCUT2D eigenvalue weighted by molar-refractivity contribution is 5.79. The van der Waals surface area contributed by atoms with Crippen LogP contribution in [0.2, 0.25) is 0 Å². The number of piperidine rings is 1. The molecule has 2 amide bonds. The second-order valence-electron chi connectivity index (χ2n) is 4.01. The number of amides is 2. The lowest BCUT2D eigenvalue weighted by atomic mass is 9.95. The molecule has 1 fully saturated rings. The highest BCUT2D eigenvalue weighted by atomic mass is 16.2. The van der Waals surface area contributed by atoms with Crippen LogP contribution in [0.5, 0.6) is 0 Å². The predicted octanol–water partition coefficient (Wildman–Crippen LogP) is 0.333. The standard InChI is InChI=1S/C10H18N2O2/c1-8(13)12-6-4-9(5-7-12)10(14)11(2)3/h9H,4-7H2,1-3H3. The molecule has 0 atom stereocenters. The highest BCUT2D eigenvalue weighted by Crippen LogP contribution is 2.18. The van der Waals surface area contributed by atoms with Gasteiger partial charge in [-0.3, -0.25) is 9.59 Å². The Kier molecular flexibility index (Phi) is 3.49. The Balaban J connectivity index is 2.43. The first-order valence-electron chi connectivity index (χ1n) is 4.99. The molecule has 0 bridgehead atoms. The Morgan fingerprint density at radius 1 is 1.21 bits per heavy atom. The van der Waals surface area contributed by atoms with E-state index in [0.717, 1.165) is 25.9 Å². The minimum absolute atomic E-state index is 0.112. The first-order chi connectivity index (χ1) is 6.52. The molecule has 0 aromatic carbocycles. The number of likely N-dealkylation sites (tertiary alicyclic amines) is 1. The van der Waals surface area contributed by atoms with E-state index in [1.807, 2.05) is 0 Å². The third-order valence-corrected chi connectivity index (χ3v) is 2.73. The molecule has 0 saturated carbocycles. The zero-order valence-electron chi connectivity index (χ0n) is 9.12. The van der Waals surface area contributed by atoms with Crippen molar-refractivity contribution >= 4 is 11.8 Å². The van der Waals surface area contributed by atoms with E-state index >= 15 is 0 Å². The maximum atomic E-state index is 11.6. The summed E-state index contributed by atoms with van der Waals surface area (Å²) in [4.78, 5) is 26.1. The monoisotopic (exact) mass is 198 g/mol. The van der Waals surface area contributed by atoms with Crippen LogP contribution < -0.4 is 0 Å². The van der Waals surface area contributed by atoms with Crippen LogP contribution in [0.25, 0.3) is 0 Å². The highest BCUT2D eigenvalue weighted by Gasteiger charge is 2.26. The van der Waals surface area contributed by atoms with Gasteiger partial charge in [-0.1, -0.05) is 0 Å². The van der Waals surface area contributed by atoms with Gasteiger partial charge in [-0.2, -0.15) is 0 Å². The van der Waals surface area contributed by atoms with Crippen LogP contribution in [0.1, 0.15) is 19.8 Å². The molecular formula is C10H18N2O2. The molecule has 1 aliphatic rings. The van der Waals surface area contributed by atoms with Crippen molar-refractivity contribution in [3.05, 3.63) is 0 Å². The normalized spacial score (nSPS) is 18.1. The van der Waals surface area contributed by atoms with E-state index in [1.165, 1.54) is 0 Å². The molecule has 0 aromatic heterocycles. The van der Waals surface area contributed by atoms with Gasteiger partial charge in [0.1, 0.15) is 0 Å². The fourth-order valence-electron chi connectivity index (χ4n) is 1.81. The first kappa shape index (κ1) is 11.0. The molecule has 0 aromatic rings. The third kappa shape index (κ3) is 2.47. The summed E-state index contributed by atoms with van der Waals surface area (Å²) in [6, 6.07) is 0. The third-order valence-electron chi connectivity index (χ3n) is 2.73. The summed E-state index contributed by atoms with van der Waals surface area (Å²) < 4.78 is 0. The quantitative estimate of drug-likeness (QED) is 0.609. The van der Waals surface area contributed by atoms with Gasteiger partial charge in [-0.25, -0.2) is 0 Å². The van der Waals surface area contributed by atoms with Crippen molar-refractivity contribution in [2.45, 2.75) is 19.8 Å². The summed E-state index contributed by atoms with van der Waals surface area (Å²) in [5, 5.41) is 0. The molecule has 0 aliphatic carbocycles. The Morgan fingerprint density at radius 2 is 1.71 bits per heavy atom. The fraction of sp³-hybridized carbons (Fsp3) is 0.800. The first-order valence-corrected chi connectivity index (χ1v) is 4.99. The van der Waals surface area contributed by atoms with Crippen molar-refractivity contribution in [3.63, 3.8) is 0 Å². The number of hydrogen-bond acceptors (Lipinski definition) is 2. The van der Waals surface area contributed by atoms with Crippen molar-refractivity contribution in [2.75, 3.05) is 27.2 Å². The second kappa shape index (κ2) is 4.44. The van der Waals surface area contributed by atoms with Crippen LogP contribution >= 0.6 is 0 Å². The summed E-state index contributed by atoms with van der Waals surface area (Å²) in [7, 11) is 3.55. The molecule has 4 heteroatoms. The lowest BCUT2D eigenvalue weighted by Gasteiger charge is -2.31. The fourth-order valence-corrected chi connectivity index (χ4v) is 1.81. The maximum Gasteiger partial charge on any atom is 0.225 e. The van der Waals surface area contributed by atoms with E-state index in [-0.39, 0.29) is 17.7 Å². The van der Waals surface area contributed by atoms with Crippen molar-refractivity contribution < 1.29 is 9.59 Å². The topological polar surface area (TPSA) is 40.6 Å². The smallest absolute Gasteiger partial charge is 0.225 e. The number of rotatable bonds is 1. The minimum Gasteiger partial charge on any atom is -0.349 e. The summed E-state index contributed by atoms with van der Waals surface area (Å²) in [5.41, 5.74) is 0. The summed E-state index contributed by atoms with van der Waals surface area (Å²) >= 11 is 0. The van der Waals surface area contributed by atoms with Crippen molar-refractivity contribution in [1.29, 1.82) is 0 Å². The average Bonchev–Trinajstić information content (AvgIpc) is 2.16. The summed E-state index contributed by atoms with van der Waals surface area (Å²) in [6.07, 6.45) is 1.60. The van der Waals surface area contributed by atoms with Crippen LogP contribution in [0.15, 0.2) is 0 Å². The largest absolute Gasteiger partial charge is 0.349 e. The molecule has 1 heterocycles. The Hall–Kier alpha value is -1.06. The molecule has 1 aliphatic heterocycles. The SMILES string of the molecule is CC(=O)N1CCC(C(=O)N(C)C)CC1. The number of carbonyl (C=O) groups is 2. The molecule has 0 spiro atoms. The molecule has 1 rings (SSSR count). The van der Waals surface area contributed by atoms with Gasteiger partial charge in [0.2, 0.25) is 11.8 Å². The zero-order chi connectivity index (χ0) is 10.7. The van der Waals surface area contributed by atoms with Crippen molar-refractivity contribution in [3.8, 4) is 0 Å². The molecule has 0 N–H and O–H groups in total. The van der Waals surface area contributed by atoms with Gasteiger partial charge >= 0.3 is 0 Å². The lowest BCUT2D eigenvalue weighted by molar-refractivity contribution is -0.138. The summed E-state index contributed by atoms with van der Waals surface area (Å²) in [5.74, 6) is 0.412. The van der Waals surface area contributed by atoms with Gasteiger partial charge in [-0.15, -0.1) is 0 Å². The van der Waals surface area contributed by atoms with E-state index in [1.54, 1.807) is 30.8 Å². The van der Waals surface area contributed by atoms with Gasteiger partial charge in [0.25, 0.3) is 0 Å². The van der Waals surface area contributed by atoms with Gasteiger partial charge < -0.3 is 9.80 Å². The van der Waals surface area contributed by atoms with Crippen LogP contribution in [-0.4, -0.2) is 48.8 Å². The molecule has 1 saturated heterocycles.